The zero-order chi connectivity index (χ0) is 85.6. The fraction of sp³-hybridized carbons (Fsp3) is 0.354. The molecular formula is C113H124N6. The van der Waals surface area contributed by atoms with E-state index in [1.54, 1.807) is 0 Å². The Labute approximate surface area is 707 Å². The summed E-state index contributed by atoms with van der Waals surface area (Å²) in [6.07, 6.45) is 0. The van der Waals surface area contributed by atoms with Crippen molar-refractivity contribution >= 4 is 109 Å². The smallest absolute Gasteiger partial charge is 0.0991 e. The SMILES string of the molecule is CC(C)(C)c1ccc2c(c1)c1cc(C(C)(C)C)ccc1n2-c1c(-c2ccc(C#N)cc2)c(-n2c3ccc(C(C)(C)C)cc3c3cc(C(C)(C)C)ccc32)c(-n2c3ccc(C(C)(C)C)cc3c3cc(C(C)(C)C)ccc32)c(-n2c3ccc(C(C)(C)C)cc3c3cc(C(C)(C)C)ccc32)c1-n1c2ccc(C(C)(C)C)cc2c2cc(C(C)(C)C)ccc21. The molecule has 0 amide bonds. The van der Waals surface area contributed by atoms with Crippen LogP contribution in [0.1, 0.15) is 269 Å². The van der Waals surface area contributed by atoms with Gasteiger partial charge in [-0.1, -0.05) is 281 Å². The van der Waals surface area contributed by atoms with Gasteiger partial charge in [0, 0.05) is 59.4 Å². The van der Waals surface area contributed by atoms with Gasteiger partial charge in [-0.05, 0) is 249 Å². The van der Waals surface area contributed by atoms with Crippen LogP contribution >= 0.6 is 0 Å². The van der Waals surface area contributed by atoms with E-state index in [1.807, 2.05) is 0 Å². The van der Waals surface area contributed by atoms with Gasteiger partial charge in [0.15, 0.2) is 0 Å². The summed E-state index contributed by atoms with van der Waals surface area (Å²) >= 11 is 0. The van der Waals surface area contributed by atoms with Gasteiger partial charge in [-0.15, -0.1) is 0 Å². The van der Waals surface area contributed by atoms with Crippen LogP contribution in [-0.2, 0) is 54.1 Å². The van der Waals surface area contributed by atoms with E-state index in [0.717, 1.165) is 94.7 Å². The maximum atomic E-state index is 11.3. The van der Waals surface area contributed by atoms with E-state index in [2.05, 4.69) is 443 Å². The summed E-state index contributed by atoms with van der Waals surface area (Å²) in [5.41, 5.74) is 29.2. The van der Waals surface area contributed by atoms with Gasteiger partial charge >= 0.3 is 0 Å². The molecule has 5 aromatic heterocycles. The Balaban J connectivity index is 1.32. The minimum Gasteiger partial charge on any atom is -0.306 e. The Morgan fingerprint density at radius 1 is 0.176 bits per heavy atom. The maximum absolute atomic E-state index is 11.3. The molecule has 5 heterocycles. The molecule has 0 saturated heterocycles. The van der Waals surface area contributed by atoms with Crippen LogP contribution in [0.25, 0.3) is 149 Å². The summed E-state index contributed by atoms with van der Waals surface area (Å²) in [5, 5.41) is 23.2. The molecule has 119 heavy (non-hydrogen) atoms. The highest BCUT2D eigenvalue weighted by Gasteiger charge is 2.40. The lowest BCUT2D eigenvalue weighted by molar-refractivity contribution is 0.590. The lowest BCUT2D eigenvalue weighted by Gasteiger charge is -2.32. The van der Waals surface area contributed by atoms with Crippen LogP contribution in [0.5, 0.6) is 0 Å². The third-order valence-electron chi connectivity index (χ3n) is 26.3. The second-order valence-electron chi connectivity index (χ2n) is 45.3. The van der Waals surface area contributed by atoms with Crippen LogP contribution in [0.15, 0.2) is 206 Å². The molecule has 0 N–H and O–H groups in total. The second-order valence-corrected chi connectivity index (χ2v) is 45.3. The number of hydrogen-bond donors (Lipinski definition) is 0. The van der Waals surface area contributed by atoms with E-state index in [0.29, 0.717) is 5.56 Å². The number of benzene rings is 12. The number of aromatic nitrogens is 5. The van der Waals surface area contributed by atoms with Gasteiger partial charge in [0.05, 0.1) is 95.2 Å². The first-order chi connectivity index (χ1) is 55.3. The third kappa shape index (κ3) is 13.2. The Morgan fingerprint density at radius 3 is 0.445 bits per heavy atom. The molecule has 0 saturated carbocycles. The molecule has 6 heteroatoms. The van der Waals surface area contributed by atoms with Crippen molar-refractivity contribution in [3.63, 3.8) is 0 Å². The molecule has 12 aromatic carbocycles. The summed E-state index contributed by atoms with van der Waals surface area (Å²) < 4.78 is 13.7. The highest BCUT2D eigenvalue weighted by molar-refractivity contribution is 6.20. The molecule has 606 valence electrons. The number of nitrogens with zero attached hydrogens (tertiary/aromatic N) is 6. The number of fused-ring (bicyclic) bond motifs is 15. The van der Waals surface area contributed by atoms with Gasteiger partial charge < -0.3 is 22.8 Å². The third-order valence-corrected chi connectivity index (χ3v) is 26.3. The fourth-order valence-electron chi connectivity index (χ4n) is 18.7. The molecule has 0 bridgehead atoms. The molecular weight excluding hydrogens is 1440 g/mol. The van der Waals surface area contributed by atoms with Crippen LogP contribution in [0.2, 0.25) is 0 Å². The molecule has 0 unspecified atom stereocenters. The molecule has 17 rings (SSSR count). The van der Waals surface area contributed by atoms with Gasteiger partial charge in [0.25, 0.3) is 0 Å². The molecule has 0 aliphatic heterocycles. The van der Waals surface area contributed by atoms with Crippen LogP contribution in [0.4, 0.5) is 0 Å². The van der Waals surface area contributed by atoms with Gasteiger partial charge in [-0.25, -0.2) is 0 Å². The highest BCUT2D eigenvalue weighted by atomic mass is 15.2. The van der Waals surface area contributed by atoms with Crippen LogP contribution in [0.3, 0.4) is 0 Å². The zero-order valence-corrected chi connectivity index (χ0v) is 76.8. The summed E-state index contributed by atoms with van der Waals surface area (Å²) in [5.74, 6) is 0. The molecule has 17 aromatic rings. The van der Waals surface area contributed by atoms with Crippen molar-refractivity contribution in [3.05, 3.63) is 267 Å². The van der Waals surface area contributed by atoms with Crippen LogP contribution < -0.4 is 0 Å². The normalized spacial score (nSPS) is 13.6. The average molecular weight is 1570 g/mol. The van der Waals surface area contributed by atoms with Gasteiger partial charge in [-0.3, -0.25) is 0 Å². The summed E-state index contributed by atoms with van der Waals surface area (Å²) in [4.78, 5) is 0. The number of rotatable bonds is 6. The van der Waals surface area contributed by atoms with Crippen molar-refractivity contribution in [2.24, 2.45) is 0 Å². The first-order valence-corrected chi connectivity index (χ1v) is 43.5. The average Bonchev–Trinajstić information content (AvgIpc) is 1.55. The van der Waals surface area contributed by atoms with Crippen molar-refractivity contribution in [1.29, 1.82) is 5.26 Å². The molecule has 0 radical (unpaired) electrons. The largest absolute Gasteiger partial charge is 0.306 e. The molecule has 0 aliphatic rings. The van der Waals surface area contributed by atoms with Crippen molar-refractivity contribution < 1.29 is 0 Å². The van der Waals surface area contributed by atoms with Crippen molar-refractivity contribution in [2.75, 3.05) is 0 Å². The first kappa shape index (κ1) is 80.5. The van der Waals surface area contributed by atoms with E-state index >= 15 is 0 Å². The van der Waals surface area contributed by atoms with E-state index in [1.165, 1.54) is 109 Å². The Kier molecular flexibility index (Phi) is 18.0. The first-order valence-electron chi connectivity index (χ1n) is 43.5. The summed E-state index contributed by atoms with van der Waals surface area (Å²) in [7, 11) is 0. The lowest BCUT2D eigenvalue weighted by atomic mass is 9.85. The van der Waals surface area contributed by atoms with E-state index in [4.69, 9.17) is 0 Å². The minimum absolute atomic E-state index is 0.193. The molecule has 6 nitrogen and oxygen atoms in total. The van der Waals surface area contributed by atoms with Crippen molar-refractivity contribution in [3.8, 4) is 45.6 Å². The van der Waals surface area contributed by atoms with E-state index in [9.17, 15) is 5.26 Å². The lowest BCUT2D eigenvalue weighted by Crippen LogP contribution is -2.19. The van der Waals surface area contributed by atoms with Gasteiger partial charge in [-0.2, -0.15) is 5.26 Å². The van der Waals surface area contributed by atoms with Gasteiger partial charge in [0.2, 0.25) is 0 Å². The topological polar surface area (TPSA) is 48.4 Å². The highest BCUT2D eigenvalue weighted by Crippen LogP contribution is 2.57. The molecule has 0 aliphatic carbocycles. The standard InChI is InChI=1S/C113H124N6/c1-104(2,3)68-35-45-88-78(55-68)79-56-69(105(4,5)6)36-46-89(79)115(88)99-98(67-33-31-66(65-114)32-34-67)100(116-90-47-37-70(106(7,8)9)57-80(90)81-58-71(107(10,11)12)38-48-91(81)116)102(118-94-51-41-74(110(19,20)21)61-84(94)85-62-75(111(22,23)24)42-52-95(85)118)103(119-96-53-43-76(112(25,26)27)63-86(96)87-64-77(113(28,29)30)44-54-97(87)119)101(99)117-92-49-39-72(108(13,14)15)59-82(92)83-60-73(109(16,17)18)40-50-93(83)117/h31-64H,1-30H3. The van der Waals surface area contributed by atoms with Crippen LogP contribution in [0, 0.1) is 11.3 Å². The van der Waals surface area contributed by atoms with E-state index in [-0.39, 0.29) is 54.1 Å². The summed E-state index contributed by atoms with van der Waals surface area (Å²) in [6, 6.07) is 85.5. The van der Waals surface area contributed by atoms with Crippen LogP contribution in [-0.4, -0.2) is 22.8 Å². The minimum atomic E-state index is -0.197. The zero-order valence-electron chi connectivity index (χ0n) is 76.8. The number of nitriles is 1. The maximum Gasteiger partial charge on any atom is 0.0991 e. The van der Waals surface area contributed by atoms with E-state index < -0.39 is 0 Å². The fourth-order valence-corrected chi connectivity index (χ4v) is 18.7. The monoisotopic (exact) mass is 1560 g/mol. The number of hydrogen-bond acceptors (Lipinski definition) is 1. The van der Waals surface area contributed by atoms with Gasteiger partial charge in [0.1, 0.15) is 0 Å². The predicted octanol–water partition coefficient (Wildman–Crippen LogP) is 31.7. The van der Waals surface area contributed by atoms with Crippen molar-refractivity contribution in [2.45, 2.75) is 262 Å². The molecule has 0 spiro atoms. The summed E-state index contributed by atoms with van der Waals surface area (Å²) in [6.45, 7) is 70.8. The molecule has 0 fully saturated rings. The molecule has 0 atom stereocenters. The van der Waals surface area contributed by atoms with Crippen molar-refractivity contribution in [1.82, 2.24) is 22.8 Å². The quantitative estimate of drug-likeness (QED) is 0.164. The Bertz CT molecular complexity index is 6470. The predicted molar refractivity (Wildman–Crippen MR) is 515 cm³/mol. The second kappa shape index (κ2) is 26.6. The Hall–Kier alpha value is -10.9. The Morgan fingerprint density at radius 2 is 0.311 bits per heavy atom.